The quantitative estimate of drug-likeness (QED) is 0.581. The molecule has 0 radical (unpaired) electrons. The molecule has 0 unspecified atom stereocenters. The highest BCUT2D eigenvalue weighted by Crippen LogP contribution is 2.22. The number of hydrogen-bond acceptors (Lipinski definition) is 4. The van der Waals surface area contributed by atoms with Crippen LogP contribution in [0.3, 0.4) is 0 Å². The Hall–Kier alpha value is -1.17. The molecule has 1 aromatic carbocycles. The van der Waals surface area contributed by atoms with Crippen molar-refractivity contribution in [3.8, 4) is 0 Å². The molecule has 0 aliphatic rings. The lowest BCUT2D eigenvalue weighted by molar-refractivity contribution is 0.0323. The summed E-state index contributed by atoms with van der Waals surface area (Å²) >= 11 is 10.2. The molecule has 0 saturated heterocycles. The normalized spacial score (nSPS) is 11.9. The Morgan fingerprint density at radius 2 is 1.85 bits per heavy atom. The Bertz CT molecular complexity index is 636. The number of carbonyl (C=O) groups is 2. The van der Waals surface area contributed by atoms with E-state index in [1.165, 1.54) is 0 Å². The van der Waals surface area contributed by atoms with Gasteiger partial charge in [-0.1, -0.05) is 39.7 Å². The maximum atomic E-state index is 12.1. The molecule has 2 aromatic rings. The second-order valence-corrected chi connectivity index (χ2v) is 6.65. The van der Waals surface area contributed by atoms with E-state index in [0.717, 1.165) is 15.8 Å². The maximum Gasteiger partial charge on any atom is 0.349 e. The van der Waals surface area contributed by atoms with Gasteiger partial charge in [-0.25, -0.2) is 4.79 Å². The van der Waals surface area contributed by atoms with Crippen LogP contribution in [0.4, 0.5) is 0 Å². The summed E-state index contributed by atoms with van der Waals surface area (Å²) in [6.07, 6.45) is -0.843. The van der Waals surface area contributed by atoms with E-state index < -0.39 is 12.1 Å². The van der Waals surface area contributed by atoms with Gasteiger partial charge in [-0.05, 0) is 31.2 Å². The molecule has 0 fully saturated rings. The van der Waals surface area contributed by atoms with Crippen LogP contribution in [0.1, 0.15) is 27.0 Å². The summed E-state index contributed by atoms with van der Waals surface area (Å²) in [5.74, 6) is -0.784. The Balaban J connectivity index is 2.04. The number of hydrogen-bond donors (Lipinski definition) is 0. The molecule has 3 nitrogen and oxygen atoms in total. The highest BCUT2D eigenvalue weighted by molar-refractivity contribution is 9.10. The summed E-state index contributed by atoms with van der Waals surface area (Å²) in [6.45, 7) is 1.55. The third-order valence-corrected chi connectivity index (χ3v) is 4.30. The van der Waals surface area contributed by atoms with Crippen LogP contribution in [0.2, 0.25) is 4.34 Å². The van der Waals surface area contributed by atoms with Gasteiger partial charge in [0.1, 0.15) is 4.88 Å². The summed E-state index contributed by atoms with van der Waals surface area (Å²) in [6, 6.07) is 10.1. The molecule has 0 amide bonds. The van der Waals surface area contributed by atoms with E-state index in [0.29, 0.717) is 14.8 Å². The van der Waals surface area contributed by atoms with Gasteiger partial charge < -0.3 is 4.74 Å². The SMILES string of the molecule is C[C@H](OC(=O)c1ccc(Cl)s1)C(=O)c1ccc(Br)cc1. The summed E-state index contributed by atoms with van der Waals surface area (Å²) in [7, 11) is 0. The molecule has 0 bridgehead atoms. The van der Waals surface area contributed by atoms with Gasteiger partial charge in [0, 0.05) is 10.0 Å². The predicted molar refractivity (Wildman–Crippen MR) is 82.7 cm³/mol. The Morgan fingerprint density at radius 3 is 2.40 bits per heavy atom. The van der Waals surface area contributed by atoms with Crippen LogP contribution >= 0.6 is 38.9 Å². The third-order valence-electron chi connectivity index (χ3n) is 2.56. The van der Waals surface area contributed by atoms with Crippen molar-refractivity contribution in [3.05, 3.63) is 55.6 Å². The summed E-state index contributed by atoms with van der Waals surface area (Å²) in [5.41, 5.74) is 0.498. The van der Waals surface area contributed by atoms with Crippen molar-refractivity contribution in [2.24, 2.45) is 0 Å². The molecule has 6 heteroatoms. The van der Waals surface area contributed by atoms with E-state index >= 15 is 0 Å². The van der Waals surface area contributed by atoms with Gasteiger partial charge in [0.2, 0.25) is 5.78 Å². The number of ketones is 1. The van der Waals surface area contributed by atoms with Crippen LogP contribution in [0.25, 0.3) is 0 Å². The predicted octanol–water partition coefficient (Wildman–Crippen LogP) is 4.59. The largest absolute Gasteiger partial charge is 0.450 e. The molecule has 1 heterocycles. The molecule has 0 aliphatic carbocycles. The minimum Gasteiger partial charge on any atom is -0.450 e. The fourth-order valence-electron chi connectivity index (χ4n) is 1.55. The molecule has 0 N–H and O–H groups in total. The smallest absolute Gasteiger partial charge is 0.349 e. The van der Waals surface area contributed by atoms with Gasteiger partial charge >= 0.3 is 5.97 Å². The van der Waals surface area contributed by atoms with Crippen molar-refractivity contribution in [2.45, 2.75) is 13.0 Å². The lowest BCUT2D eigenvalue weighted by Crippen LogP contribution is -2.24. The fourth-order valence-corrected chi connectivity index (χ4v) is 2.74. The van der Waals surface area contributed by atoms with Crippen molar-refractivity contribution in [1.82, 2.24) is 0 Å². The number of benzene rings is 1. The first-order valence-corrected chi connectivity index (χ1v) is 7.72. The Kier molecular flexibility index (Phi) is 4.96. The molecule has 0 spiro atoms. The van der Waals surface area contributed by atoms with Crippen molar-refractivity contribution < 1.29 is 14.3 Å². The highest BCUT2D eigenvalue weighted by atomic mass is 79.9. The minimum absolute atomic E-state index is 0.242. The van der Waals surface area contributed by atoms with Gasteiger partial charge in [-0.3, -0.25) is 4.79 Å². The molecule has 104 valence electrons. The standard InChI is InChI=1S/C14H10BrClO3S/c1-8(13(17)9-2-4-10(15)5-3-9)19-14(18)11-6-7-12(16)20-11/h2-8H,1H3/t8-/m0/s1. The lowest BCUT2D eigenvalue weighted by atomic mass is 10.1. The molecular weight excluding hydrogens is 364 g/mol. The van der Waals surface area contributed by atoms with E-state index in [-0.39, 0.29) is 5.78 Å². The summed E-state index contributed by atoms with van der Waals surface area (Å²) < 4.78 is 6.53. The number of ether oxygens (including phenoxy) is 1. The average molecular weight is 374 g/mol. The van der Waals surface area contributed by atoms with Crippen LogP contribution in [-0.2, 0) is 4.74 Å². The first kappa shape index (κ1) is 15.2. The summed E-state index contributed by atoms with van der Waals surface area (Å²) in [4.78, 5) is 24.3. The van der Waals surface area contributed by atoms with Crippen LogP contribution in [-0.4, -0.2) is 17.9 Å². The van der Waals surface area contributed by atoms with E-state index in [1.54, 1.807) is 43.3 Å². The fraction of sp³-hybridized carbons (Fsp3) is 0.143. The van der Waals surface area contributed by atoms with Crippen LogP contribution in [0.15, 0.2) is 40.9 Å². The van der Waals surface area contributed by atoms with Gasteiger partial charge in [-0.2, -0.15) is 0 Å². The number of halogens is 2. The van der Waals surface area contributed by atoms with Gasteiger partial charge in [0.25, 0.3) is 0 Å². The van der Waals surface area contributed by atoms with E-state index in [4.69, 9.17) is 16.3 Å². The van der Waals surface area contributed by atoms with Crippen LogP contribution in [0, 0.1) is 0 Å². The lowest BCUT2D eigenvalue weighted by Gasteiger charge is -2.11. The minimum atomic E-state index is -0.843. The van der Waals surface area contributed by atoms with Gasteiger partial charge in [-0.15, -0.1) is 11.3 Å². The number of thiophene rings is 1. The van der Waals surface area contributed by atoms with Crippen LogP contribution < -0.4 is 0 Å². The molecule has 20 heavy (non-hydrogen) atoms. The molecule has 1 aromatic heterocycles. The molecule has 0 aliphatic heterocycles. The summed E-state index contributed by atoms with van der Waals surface area (Å²) in [5, 5.41) is 0. The Morgan fingerprint density at radius 1 is 1.20 bits per heavy atom. The van der Waals surface area contributed by atoms with Crippen molar-refractivity contribution >= 4 is 50.6 Å². The molecule has 1 atom stereocenters. The van der Waals surface area contributed by atoms with Gasteiger partial charge in [0.05, 0.1) is 4.34 Å². The monoisotopic (exact) mass is 372 g/mol. The Labute approximate surface area is 133 Å². The second kappa shape index (κ2) is 6.52. The zero-order chi connectivity index (χ0) is 14.7. The molecule has 2 rings (SSSR count). The third kappa shape index (κ3) is 3.69. The van der Waals surface area contributed by atoms with Crippen molar-refractivity contribution in [1.29, 1.82) is 0 Å². The average Bonchev–Trinajstić information content (AvgIpc) is 2.85. The van der Waals surface area contributed by atoms with E-state index in [1.807, 2.05) is 0 Å². The highest BCUT2D eigenvalue weighted by Gasteiger charge is 2.21. The molecular formula is C14H10BrClO3S. The number of rotatable bonds is 4. The number of esters is 1. The van der Waals surface area contributed by atoms with Gasteiger partial charge in [0.15, 0.2) is 6.10 Å². The van der Waals surface area contributed by atoms with Crippen molar-refractivity contribution in [2.75, 3.05) is 0 Å². The van der Waals surface area contributed by atoms with Crippen molar-refractivity contribution in [3.63, 3.8) is 0 Å². The maximum absolute atomic E-state index is 12.1. The zero-order valence-electron chi connectivity index (χ0n) is 10.4. The second-order valence-electron chi connectivity index (χ2n) is 4.02. The topological polar surface area (TPSA) is 43.4 Å². The zero-order valence-corrected chi connectivity index (χ0v) is 13.6. The molecule has 0 saturated carbocycles. The first-order valence-electron chi connectivity index (χ1n) is 5.73. The van der Waals surface area contributed by atoms with Crippen LogP contribution in [0.5, 0.6) is 0 Å². The first-order chi connectivity index (χ1) is 9.47. The number of carbonyl (C=O) groups excluding carboxylic acids is 2. The number of Topliss-reactive ketones (excluding diaryl/α,β-unsaturated/α-hetero) is 1. The van der Waals surface area contributed by atoms with E-state index in [9.17, 15) is 9.59 Å². The van der Waals surface area contributed by atoms with E-state index in [2.05, 4.69) is 15.9 Å².